The Morgan fingerprint density at radius 1 is 1.09 bits per heavy atom. The van der Waals surface area contributed by atoms with Gasteiger partial charge in [-0.1, -0.05) is 25.0 Å². The highest BCUT2D eigenvalue weighted by molar-refractivity contribution is 7.90. The molecule has 1 aromatic carbocycles. The zero-order valence-electron chi connectivity index (χ0n) is 13.2. The van der Waals surface area contributed by atoms with Crippen LogP contribution in [0.15, 0.2) is 29.2 Å². The van der Waals surface area contributed by atoms with Crippen LogP contribution in [0.3, 0.4) is 0 Å². The van der Waals surface area contributed by atoms with Crippen LogP contribution in [0.4, 0.5) is 0 Å². The number of nitrogens with two attached hydrogens (primary N) is 1. The second-order valence-corrected chi connectivity index (χ2v) is 8.85. The van der Waals surface area contributed by atoms with E-state index >= 15 is 0 Å². The van der Waals surface area contributed by atoms with Crippen molar-refractivity contribution in [3.05, 3.63) is 29.8 Å². The average molecular weight is 322 g/mol. The third kappa shape index (κ3) is 3.21. The summed E-state index contributed by atoms with van der Waals surface area (Å²) in [6, 6.07) is 7.82. The largest absolute Gasteiger partial charge is 0.326 e. The number of nitrogens with one attached hydrogen (secondary N) is 1. The molecule has 1 saturated heterocycles. The fourth-order valence-corrected chi connectivity index (χ4v) is 4.76. The van der Waals surface area contributed by atoms with Crippen LogP contribution in [0.25, 0.3) is 0 Å². The zero-order chi connectivity index (χ0) is 15.7. The average Bonchev–Trinajstić information content (AvgIpc) is 3.01. The van der Waals surface area contributed by atoms with Crippen LogP contribution < -0.4 is 11.1 Å². The van der Waals surface area contributed by atoms with Gasteiger partial charge in [0.15, 0.2) is 9.84 Å². The molecule has 4 nitrogen and oxygen atoms in total. The second kappa shape index (κ2) is 6.30. The number of hydrogen-bond acceptors (Lipinski definition) is 4. The van der Waals surface area contributed by atoms with Gasteiger partial charge in [0, 0.05) is 24.3 Å². The van der Waals surface area contributed by atoms with E-state index in [4.69, 9.17) is 5.73 Å². The van der Waals surface area contributed by atoms with Gasteiger partial charge in [-0.2, -0.15) is 0 Å². The Morgan fingerprint density at radius 3 is 2.32 bits per heavy atom. The Labute approximate surface area is 133 Å². The van der Waals surface area contributed by atoms with Crippen molar-refractivity contribution in [1.82, 2.24) is 5.32 Å². The SMILES string of the molecule is CS(=O)(=O)c1ccc(C2CCNC(C3CCCC3)C2N)cc1. The van der Waals surface area contributed by atoms with Gasteiger partial charge in [0.25, 0.3) is 0 Å². The van der Waals surface area contributed by atoms with Gasteiger partial charge in [-0.3, -0.25) is 0 Å². The highest BCUT2D eigenvalue weighted by Gasteiger charge is 2.36. The fraction of sp³-hybridized carbons (Fsp3) is 0.647. The molecule has 1 aromatic rings. The predicted octanol–water partition coefficient (Wildman–Crippen LogP) is 2.05. The van der Waals surface area contributed by atoms with Gasteiger partial charge in [0.2, 0.25) is 0 Å². The number of piperidine rings is 1. The zero-order valence-corrected chi connectivity index (χ0v) is 14.0. The summed E-state index contributed by atoms with van der Waals surface area (Å²) in [5, 5.41) is 3.63. The van der Waals surface area contributed by atoms with Gasteiger partial charge < -0.3 is 11.1 Å². The molecule has 1 saturated carbocycles. The summed E-state index contributed by atoms with van der Waals surface area (Å²) < 4.78 is 23.2. The molecule has 22 heavy (non-hydrogen) atoms. The number of benzene rings is 1. The maximum atomic E-state index is 11.6. The lowest BCUT2D eigenvalue weighted by atomic mass is 9.77. The standard InChI is InChI=1S/C17H26N2O2S/c1-22(20,21)14-8-6-12(7-9-14)15-10-11-19-17(16(15)18)13-4-2-3-5-13/h6-9,13,15-17,19H,2-5,10-11,18H2,1H3. The van der Waals surface area contributed by atoms with Crippen LogP contribution in [-0.2, 0) is 9.84 Å². The van der Waals surface area contributed by atoms with E-state index in [-0.39, 0.29) is 6.04 Å². The number of rotatable bonds is 3. The van der Waals surface area contributed by atoms with E-state index in [1.54, 1.807) is 12.1 Å². The Balaban J connectivity index is 1.78. The summed E-state index contributed by atoms with van der Waals surface area (Å²) in [7, 11) is -3.13. The van der Waals surface area contributed by atoms with Gasteiger partial charge in [-0.25, -0.2) is 8.42 Å². The van der Waals surface area contributed by atoms with Crippen molar-refractivity contribution in [3.63, 3.8) is 0 Å². The molecular weight excluding hydrogens is 296 g/mol. The number of sulfone groups is 1. The molecule has 2 aliphatic rings. The van der Waals surface area contributed by atoms with Gasteiger partial charge >= 0.3 is 0 Å². The predicted molar refractivity (Wildman–Crippen MR) is 88.6 cm³/mol. The third-order valence-electron chi connectivity index (χ3n) is 5.36. The van der Waals surface area contributed by atoms with Crippen molar-refractivity contribution in [2.24, 2.45) is 11.7 Å². The topological polar surface area (TPSA) is 72.2 Å². The monoisotopic (exact) mass is 322 g/mol. The van der Waals surface area contributed by atoms with E-state index in [1.165, 1.54) is 37.5 Å². The summed E-state index contributed by atoms with van der Waals surface area (Å²) in [4.78, 5) is 0.381. The summed E-state index contributed by atoms with van der Waals surface area (Å²) in [5.74, 6) is 1.02. The lowest BCUT2D eigenvalue weighted by molar-refractivity contribution is 0.239. The lowest BCUT2D eigenvalue weighted by Gasteiger charge is -2.40. The smallest absolute Gasteiger partial charge is 0.175 e. The van der Waals surface area contributed by atoms with Crippen molar-refractivity contribution in [3.8, 4) is 0 Å². The number of hydrogen-bond donors (Lipinski definition) is 2. The van der Waals surface area contributed by atoms with Gasteiger partial charge in [0.05, 0.1) is 4.90 Å². The van der Waals surface area contributed by atoms with Crippen LogP contribution in [0.5, 0.6) is 0 Å². The van der Waals surface area contributed by atoms with Gasteiger partial charge in [0.1, 0.15) is 0 Å². The molecule has 0 radical (unpaired) electrons. The first kappa shape index (κ1) is 16.0. The van der Waals surface area contributed by atoms with Crippen molar-refractivity contribution in [1.29, 1.82) is 0 Å². The maximum Gasteiger partial charge on any atom is 0.175 e. The van der Waals surface area contributed by atoms with Crippen molar-refractivity contribution in [2.75, 3.05) is 12.8 Å². The molecule has 1 aliphatic carbocycles. The molecule has 122 valence electrons. The molecule has 0 amide bonds. The molecule has 3 N–H and O–H groups in total. The molecule has 5 heteroatoms. The molecule has 3 atom stereocenters. The third-order valence-corrected chi connectivity index (χ3v) is 6.49. The van der Waals surface area contributed by atoms with E-state index in [9.17, 15) is 8.42 Å². The Morgan fingerprint density at radius 2 is 1.73 bits per heavy atom. The first-order chi connectivity index (χ1) is 10.5. The minimum absolute atomic E-state index is 0.112. The van der Waals surface area contributed by atoms with Crippen LogP contribution in [-0.4, -0.2) is 33.3 Å². The first-order valence-corrected chi connectivity index (χ1v) is 10.1. The molecule has 1 aliphatic heterocycles. The minimum atomic E-state index is -3.13. The van der Waals surface area contributed by atoms with Crippen molar-refractivity contribution >= 4 is 9.84 Å². The molecule has 0 aromatic heterocycles. The van der Waals surface area contributed by atoms with Crippen LogP contribution in [0, 0.1) is 5.92 Å². The molecule has 3 rings (SSSR count). The second-order valence-electron chi connectivity index (χ2n) is 6.84. The van der Waals surface area contributed by atoms with Crippen LogP contribution in [0.1, 0.15) is 43.6 Å². The van der Waals surface area contributed by atoms with E-state index in [0.29, 0.717) is 22.8 Å². The summed E-state index contributed by atoms with van der Waals surface area (Å²) in [6.45, 7) is 0.993. The molecule has 3 unspecified atom stereocenters. The minimum Gasteiger partial charge on any atom is -0.326 e. The lowest BCUT2D eigenvalue weighted by Crippen LogP contribution is -2.56. The Kier molecular flexibility index (Phi) is 4.57. The van der Waals surface area contributed by atoms with E-state index < -0.39 is 9.84 Å². The maximum absolute atomic E-state index is 11.6. The van der Waals surface area contributed by atoms with Crippen molar-refractivity contribution in [2.45, 2.75) is 55.0 Å². The molecular formula is C17H26N2O2S. The summed E-state index contributed by atoms with van der Waals surface area (Å²) in [5.41, 5.74) is 7.75. The van der Waals surface area contributed by atoms with E-state index in [0.717, 1.165) is 13.0 Å². The molecule has 1 heterocycles. The van der Waals surface area contributed by atoms with E-state index in [2.05, 4.69) is 5.32 Å². The van der Waals surface area contributed by atoms with Crippen molar-refractivity contribution < 1.29 is 8.42 Å². The highest BCUT2D eigenvalue weighted by Crippen LogP contribution is 2.35. The van der Waals surface area contributed by atoms with Crippen LogP contribution >= 0.6 is 0 Å². The fourth-order valence-electron chi connectivity index (χ4n) is 4.13. The Bertz CT molecular complexity index is 606. The Hall–Kier alpha value is -0.910. The first-order valence-electron chi connectivity index (χ1n) is 8.26. The molecule has 0 spiro atoms. The summed E-state index contributed by atoms with van der Waals surface area (Å²) in [6.07, 6.45) is 7.47. The normalized spacial score (nSPS) is 30.5. The highest BCUT2D eigenvalue weighted by atomic mass is 32.2. The quantitative estimate of drug-likeness (QED) is 0.893. The van der Waals surface area contributed by atoms with Gasteiger partial charge in [-0.15, -0.1) is 0 Å². The summed E-state index contributed by atoms with van der Waals surface area (Å²) >= 11 is 0. The molecule has 2 fully saturated rings. The van der Waals surface area contributed by atoms with E-state index in [1.807, 2.05) is 12.1 Å². The molecule has 0 bridgehead atoms. The van der Waals surface area contributed by atoms with Crippen LogP contribution in [0.2, 0.25) is 0 Å². The van der Waals surface area contributed by atoms with Gasteiger partial charge in [-0.05, 0) is 49.4 Å².